The maximum Gasteiger partial charge on any atom is 0.196 e. The number of aromatic nitrogens is 1. The molecular formula is C10H13ClN2OS2. The Bertz CT molecular complexity index is 383. The lowest BCUT2D eigenvalue weighted by Gasteiger charge is -2.30. The number of rotatable bonds is 3. The van der Waals surface area contributed by atoms with Crippen LogP contribution in [-0.2, 0) is 0 Å². The van der Waals surface area contributed by atoms with Crippen LogP contribution in [0.3, 0.4) is 0 Å². The molecule has 0 spiro atoms. The van der Waals surface area contributed by atoms with E-state index in [0.717, 1.165) is 17.3 Å². The summed E-state index contributed by atoms with van der Waals surface area (Å²) in [5.74, 6) is 2.15. The lowest BCUT2D eigenvalue weighted by atomic mass is 10.3. The molecule has 2 rings (SSSR count). The normalized spacial score (nSPS) is 22.2. The standard InChI is InChI=1S/C10H13ClN2OS2/c1-13-2-3-15-6-8(13)10-12-7(5-16-10)9(14)4-11/h5,8H,2-4,6H2,1H3. The van der Waals surface area contributed by atoms with Crippen LogP contribution >= 0.6 is 34.7 Å². The number of alkyl halides is 1. The third-order valence-electron chi connectivity index (χ3n) is 2.61. The van der Waals surface area contributed by atoms with E-state index in [1.165, 1.54) is 5.75 Å². The van der Waals surface area contributed by atoms with Crippen molar-refractivity contribution in [3.8, 4) is 0 Å². The van der Waals surface area contributed by atoms with Crippen LogP contribution in [0.2, 0.25) is 0 Å². The average Bonchev–Trinajstić information content (AvgIpc) is 2.78. The van der Waals surface area contributed by atoms with Gasteiger partial charge in [0.1, 0.15) is 10.7 Å². The molecule has 0 bridgehead atoms. The summed E-state index contributed by atoms with van der Waals surface area (Å²) in [5, 5.41) is 2.84. The molecule has 1 saturated heterocycles. The molecule has 0 aromatic carbocycles. The highest BCUT2D eigenvalue weighted by Gasteiger charge is 2.24. The summed E-state index contributed by atoms with van der Waals surface area (Å²) in [6.07, 6.45) is 0. The molecule has 1 aromatic rings. The van der Waals surface area contributed by atoms with E-state index in [4.69, 9.17) is 11.6 Å². The first-order valence-electron chi connectivity index (χ1n) is 5.05. The highest BCUT2D eigenvalue weighted by molar-refractivity contribution is 7.99. The molecule has 1 atom stereocenters. The minimum atomic E-state index is -0.0877. The van der Waals surface area contributed by atoms with Crippen molar-refractivity contribution in [3.63, 3.8) is 0 Å². The monoisotopic (exact) mass is 276 g/mol. The molecule has 1 aliphatic rings. The van der Waals surface area contributed by atoms with Gasteiger partial charge in [0.05, 0.1) is 11.9 Å². The number of hydrogen-bond donors (Lipinski definition) is 0. The Morgan fingerprint density at radius 2 is 2.56 bits per heavy atom. The molecule has 6 heteroatoms. The smallest absolute Gasteiger partial charge is 0.196 e. The Morgan fingerprint density at radius 1 is 1.75 bits per heavy atom. The number of thioether (sulfide) groups is 1. The van der Waals surface area contributed by atoms with E-state index >= 15 is 0 Å². The van der Waals surface area contributed by atoms with Crippen LogP contribution in [0.25, 0.3) is 0 Å². The van der Waals surface area contributed by atoms with Crippen LogP contribution < -0.4 is 0 Å². The predicted octanol–water partition coefficient (Wildman–Crippen LogP) is 2.28. The van der Waals surface area contributed by atoms with Crippen LogP contribution in [0.5, 0.6) is 0 Å². The van der Waals surface area contributed by atoms with E-state index < -0.39 is 0 Å². The second-order valence-corrected chi connectivity index (χ2v) is 6.01. The second kappa shape index (κ2) is 5.49. The van der Waals surface area contributed by atoms with Gasteiger partial charge in [-0.25, -0.2) is 4.98 Å². The van der Waals surface area contributed by atoms with Gasteiger partial charge in [0, 0.05) is 23.4 Å². The number of ketones is 1. The van der Waals surface area contributed by atoms with Crippen molar-refractivity contribution in [2.45, 2.75) is 6.04 Å². The Balaban J connectivity index is 2.14. The summed E-state index contributed by atoms with van der Waals surface area (Å²) < 4.78 is 0. The predicted molar refractivity (Wildman–Crippen MR) is 69.9 cm³/mol. The fourth-order valence-electron chi connectivity index (χ4n) is 1.58. The summed E-state index contributed by atoms with van der Waals surface area (Å²) in [6.45, 7) is 1.08. The van der Waals surface area contributed by atoms with Crippen molar-refractivity contribution >= 4 is 40.5 Å². The van der Waals surface area contributed by atoms with Gasteiger partial charge in [-0.15, -0.1) is 22.9 Å². The number of carbonyl (C=O) groups is 1. The largest absolute Gasteiger partial charge is 0.296 e. The van der Waals surface area contributed by atoms with Gasteiger partial charge in [-0.3, -0.25) is 9.69 Å². The Labute approximate surface area is 108 Å². The van der Waals surface area contributed by atoms with Gasteiger partial charge in [-0.2, -0.15) is 11.8 Å². The Kier molecular flexibility index (Phi) is 4.24. The quantitative estimate of drug-likeness (QED) is 0.626. The molecule has 1 aromatic heterocycles. The van der Waals surface area contributed by atoms with Gasteiger partial charge in [0.15, 0.2) is 5.78 Å². The lowest BCUT2D eigenvalue weighted by molar-refractivity contribution is 0.101. The van der Waals surface area contributed by atoms with E-state index in [1.807, 2.05) is 17.1 Å². The molecule has 0 radical (unpaired) electrons. The summed E-state index contributed by atoms with van der Waals surface area (Å²) in [4.78, 5) is 18.1. The first-order valence-corrected chi connectivity index (χ1v) is 7.62. The minimum absolute atomic E-state index is 0.0123. The summed E-state index contributed by atoms with van der Waals surface area (Å²) >= 11 is 9.01. The van der Waals surface area contributed by atoms with Crippen molar-refractivity contribution in [2.24, 2.45) is 0 Å². The third kappa shape index (κ3) is 2.59. The fraction of sp³-hybridized carbons (Fsp3) is 0.600. The fourth-order valence-corrected chi connectivity index (χ4v) is 4.03. The number of halogens is 1. The maximum absolute atomic E-state index is 11.4. The molecule has 0 amide bonds. The first-order chi connectivity index (χ1) is 7.72. The average molecular weight is 277 g/mol. The molecule has 3 nitrogen and oxygen atoms in total. The number of hydrogen-bond acceptors (Lipinski definition) is 5. The van der Waals surface area contributed by atoms with Crippen molar-refractivity contribution in [2.75, 3.05) is 31.0 Å². The summed E-state index contributed by atoms with van der Waals surface area (Å²) in [5.41, 5.74) is 0.513. The number of nitrogens with zero attached hydrogens (tertiary/aromatic N) is 2. The SMILES string of the molecule is CN1CCSCC1c1nc(C(=O)CCl)cs1. The topological polar surface area (TPSA) is 33.2 Å². The van der Waals surface area contributed by atoms with Crippen LogP contribution in [-0.4, -0.2) is 46.6 Å². The van der Waals surface area contributed by atoms with Crippen molar-refractivity contribution in [3.05, 3.63) is 16.1 Å². The molecule has 0 N–H and O–H groups in total. The Morgan fingerprint density at radius 3 is 3.25 bits per heavy atom. The van der Waals surface area contributed by atoms with Gasteiger partial charge in [-0.05, 0) is 7.05 Å². The van der Waals surface area contributed by atoms with Gasteiger partial charge >= 0.3 is 0 Å². The molecule has 0 aliphatic carbocycles. The molecule has 0 saturated carbocycles. The molecule has 1 fully saturated rings. The minimum Gasteiger partial charge on any atom is -0.296 e. The van der Waals surface area contributed by atoms with Gasteiger partial charge in [0.2, 0.25) is 0 Å². The molecule has 1 aliphatic heterocycles. The zero-order valence-electron chi connectivity index (χ0n) is 8.98. The first kappa shape index (κ1) is 12.4. The van der Waals surface area contributed by atoms with E-state index in [1.54, 1.807) is 11.3 Å². The Hall–Kier alpha value is -0.100. The molecule has 2 heterocycles. The zero-order chi connectivity index (χ0) is 11.5. The lowest BCUT2D eigenvalue weighted by Crippen LogP contribution is -2.32. The highest BCUT2D eigenvalue weighted by Crippen LogP contribution is 2.30. The van der Waals surface area contributed by atoms with Gasteiger partial charge in [0.25, 0.3) is 0 Å². The zero-order valence-corrected chi connectivity index (χ0v) is 11.4. The van der Waals surface area contributed by atoms with Crippen molar-refractivity contribution in [1.29, 1.82) is 0 Å². The molecular weight excluding hydrogens is 264 g/mol. The van der Waals surface area contributed by atoms with Gasteiger partial charge in [-0.1, -0.05) is 0 Å². The summed E-state index contributed by atoms with van der Waals surface area (Å²) in [7, 11) is 2.11. The number of thiazole rings is 1. The van der Waals surface area contributed by atoms with Crippen LogP contribution in [0, 0.1) is 0 Å². The van der Waals surface area contributed by atoms with E-state index in [-0.39, 0.29) is 11.7 Å². The second-order valence-electron chi connectivity index (χ2n) is 3.70. The highest BCUT2D eigenvalue weighted by atomic mass is 35.5. The molecule has 88 valence electrons. The third-order valence-corrected chi connectivity index (χ3v) is 4.82. The van der Waals surface area contributed by atoms with E-state index in [0.29, 0.717) is 11.7 Å². The van der Waals surface area contributed by atoms with Crippen LogP contribution in [0.4, 0.5) is 0 Å². The number of Topliss-reactive ketones (excluding diaryl/α,β-unsaturated/α-hetero) is 1. The van der Waals surface area contributed by atoms with Gasteiger partial charge < -0.3 is 0 Å². The van der Waals surface area contributed by atoms with Crippen molar-refractivity contribution < 1.29 is 4.79 Å². The maximum atomic E-state index is 11.4. The van der Waals surface area contributed by atoms with Crippen LogP contribution in [0.15, 0.2) is 5.38 Å². The molecule has 16 heavy (non-hydrogen) atoms. The summed E-state index contributed by atoms with van der Waals surface area (Å²) in [6, 6.07) is 0.348. The van der Waals surface area contributed by atoms with E-state index in [2.05, 4.69) is 16.9 Å². The van der Waals surface area contributed by atoms with E-state index in [9.17, 15) is 4.79 Å². The van der Waals surface area contributed by atoms with Crippen LogP contribution in [0.1, 0.15) is 21.5 Å². The number of carbonyl (C=O) groups excluding carboxylic acids is 1. The molecule has 1 unspecified atom stereocenters. The van der Waals surface area contributed by atoms with Crippen molar-refractivity contribution in [1.82, 2.24) is 9.88 Å².